The van der Waals surface area contributed by atoms with Crippen molar-refractivity contribution in [2.45, 2.75) is 11.8 Å². The number of sulfonamides is 1. The van der Waals surface area contributed by atoms with E-state index in [0.29, 0.717) is 0 Å². The van der Waals surface area contributed by atoms with Gasteiger partial charge >= 0.3 is 0 Å². The van der Waals surface area contributed by atoms with Crippen LogP contribution in [0.15, 0.2) is 47.4 Å². The molecule has 0 saturated heterocycles. The molecule has 0 heterocycles. The molecule has 0 radical (unpaired) electrons. The van der Waals surface area contributed by atoms with E-state index in [1.165, 1.54) is 25.1 Å². The average Bonchev–Trinajstić information content (AvgIpc) is 2.55. The van der Waals surface area contributed by atoms with Crippen molar-refractivity contribution in [2.24, 2.45) is 0 Å². The highest BCUT2D eigenvalue weighted by Crippen LogP contribution is 2.21. The number of carbonyl (C=O) groups is 1. The summed E-state index contributed by atoms with van der Waals surface area (Å²) in [5.74, 6) is 1.27. The Hall–Kier alpha value is -2.85. The summed E-state index contributed by atoms with van der Waals surface area (Å²) in [5.41, 5.74) is 0.446. The summed E-state index contributed by atoms with van der Waals surface area (Å²) in [7, 11) is -3.97. The predicted molar refractivity (Wildman–Crippen MR) is 89.6 cm³/mol. The molecule has 0 unspecified atom stereocenters. The summed E-state index contributed by atoms with van der Waals surface area (Å²) < 4.78 is 40.6. The highest BCUT2D eigenvalue weighted by molar-refractivity contribution is 7.92. The third-order valence-electron chi connectivity index (χ3n) is 3.21. The van der Waals surface area contributed by atoms with Gasteiger partial charge in [0.05, 0.1) is 22.7 Å². The number of anilines is 1. The fourth-order valence-corrected chi connectivity index (χ4v) is 3.15. The van der Waals surface area contributed by atoms with Gasteiger partial charge in [0, 0.05) is 0 Å². The number of rotatable bonds is 5. The van der Waals surface area contributed by atoms with Crippen molar-refractivity contribution in [3.63, 3.8) is 0 Å². The van der Waals surface area contributed by atoms with E-state index in [4.69, 9.17) is 6.42 Å². The van der Waals surface area contributed by atoms with E-state index in [2.05, 4.69) is 16.0 Å². The number of hydrogen-bond acceptors (Lipinski definition) is 3. The Labute approximate surface area is 139 Å². The molecule has 0 aliphatic rings. The highest BCUT2D eigenvalue weighted by atomic mass is 32.2. The monoisotopic (exact) mass is 346 g/mol. The quantitative estimate of drug-likeness (QED) is 0.816. The third kappa shape index (κ3) is 3.91. The Morgan fingerprint density at radius 1 is 1.25 bits per heavy atom. The van der Waals surface area contributed by atoms with Crippen molar-refractivity contribution in [3.8, 4) is 12.3 Å². The zero-order valence-electron chi connectivity index (χ0n) is 12.8. The normalized spacial score (nSPS) is 10.7. The van der Waals surface area contributed by atoms with Gasteiger partial charge in [0.25, 0.3) is 15.9 Å². The summed E-state index contributed by atoms with van der Waals surface area (Å²) in [5, 5.41) is 2.47. The number of aryl methyl sites for hydroxylation is 1. The van der Waals surface area contributed by atoms with Crippen LogP contribution in [0.25, 0.3) is 0 Å². The molecule has 0 atom stereocenters. The number of amides is 1. The zero-order chi connectivity index (χ0) is 17.7. The number of nitrogens with one attached hydrogen (secondary N) is 2. The lowest BCUT2D eigenvalue weighted by molar-refractivity contribution is 0.0959. The summed E-state index contributed by atoms with van der Waals surface area (Å²) in [6, 6.07) is 9.58. The first-order chi connectivity index (χ1) is 11.3. The van der Waals surface area contributed by atoms with Gasteiger partial charge in [-0.1, -0.05) is 18.1 Å². The van der Waals surface area contributed by atoms with Crippen LogP contribution in [0.3, 0.4) is 0 Å². The second kappa shape index (κ2) is 7.15. The second-order valence-electron chi connectivity index (χ2n) is 4.95. The van der Waals surface area contributed by atoms with E-state index in [9.17, 15) is 17.6 Å². The van der Waals surface area contributed by atoms with Gasteiger partial charge in [-0.15, -0.1) is 6.42 Å². The molecule has 0 aliphatic carbocycles. The molecule has 0 aliphatic heterocycles. The Bertz CT molecular complexity index is 918. The van der Waals surface area contributed by atoms with E-state index < -0.39 is 21.7 Å². The van der Waals surface area contributed by atoms with Crippen LogP contribution in [-0.2, 0) is 10.0 Å². The smallest absolute Gasteiger partial charge is 0.261 e. The van der Waals surface area contributed by atoms with Crippen LogP contribution in [0.5, 0.6) is 0 Å². The van der Waals surface area contributed by atoms with Crippen molar-refractivity contribution in [2.75, 3.05) is 11.3 Å². The van der Waals surface area contributed by atoms with Gasteiger partial charge in [0.15, 0.2) is 0 Å². The van der Waals surface area contributed by atoms with E-state index in [0.717, 1.165) is 12.1 Å². The molecule has 2 aromatic carbocycles. The summed E-state index contributed by atoms with van der Waals surface area (Å²) in [6.07, 6.45) is 5.09. The van der Waals surface area contributed by atoms with Crippen LogP contribution in [0, 0.1) is 25.1 Å². The van der Waals surface area contributed by atoms with Crippen molar-refractivity contribution >= 4 is 21.6 Å². The van der Waals surface area contributed by atoms with Gasteiger partial charge in [0.1, 0.15) is 5.82 Å². The Morgan fingerprint density at radius 2 is 1.96 bits per heavy atom. The summed E-state index contributed by atoms with van der Waals surface area (Å²) in [6.45, 7) is 1.49. The van der Waals surface area contributed by atoms with E-state index >= 15 is 0 Å². The number of terminal acetylenes is 1. The van der Waals surface area contributed by atoms with E-state index in [1.807, 2.05) is 0 Å². The molecule has 0 spiro atoms. The number of para-hydroxylation sites is 1. The van der Waals surface area contributed by atoms with Crippen LogP contribution in [0.2, 0.25) is 0 Å². The highest BCUT2D eigenvalue weighted by Gasteiger charge is 2.19. The maximum absolute atomic E-state index is 13.3. The SMILES string of the molecule is C#CCNC(=O)c1ccccc1NS(=O)(=O)c1ccc(F)c(C)c1. The minimum atomic E-state index is -3.97. The van der Waals surface area contributed by atoms with Crippen molar-refractivity contribution in [1.29, 1.82) is 0 Å². The maximum Gasteiger partial charge on any atom is 0.261 e. The van der Waals surface area contributed by atoms with Crippen LogP contribution < -0.4 is 10.0 Å². The molecule has 2 aromatic rings. The van der Waals surface area contributed by atoms with Crippen molar-refractivity contribution < 1.29 is 17.6 Å². The van der Waals surface area contributed by atoms with Crippen LogP contribution in [-0.4, -0.2) is 20.9 Å². The zero-order valence-corrected chi connectivity index (χ0v) is 13.7. The lowest BCUT2D eigenvalue weighted by Crippen LogP contribution is -2.25. The van der Waals surface area contributed by atoms with Crippen molar-refractivity contribution in [3.05, 3.63) is 59.4 Å². The molecule has 0 bridgehead atoms. The molecule has 124 valence electrons. The lowest BCUT2D eigenvalue weighted by atomic mass is 10.2. The number of carbonyl (C=O) groups excluding carboxylic acids is 1. The van der Waals surface area contributed by atoms with Gasteiger partial charge in [-0.3, -0.25) is 9.52 Å². The Balaban J connectivity index is 2.35. The lowest BCUT2D eigenvalue weighted by Gasteiger charge is -2.12. The first-order valence-electron chi connectivity index (χ1n) is 6.95. The minimum absolute atomic E-state index is 0.0249. The molecule has 24 heavy (non-hydrogen) atoms. The molecule has 0 fully saturated rings. The van der Waals surface area contributed by atoms with Crippen LogP contribution >= 0.6 is 0 Å². The van der Waals surface area contributed by atoms with Crippen LogP contribution in [0.1, 0.15) is 15.9 Å². The molecule has 0 aromatic heterocycles. The molecule has 2 rings (SSSR count). The fraction of sp³-hybridized carbons (Fsp3) is 0.118. The first-order valence-corrected chi connectivity index (χ1v) is 8.43. The first kappa shape index (κ1) is 17.5. The number of halogens is 1. The van der Waals surface area contributed by atoms with Crippen molar-refractivity contribution in [1.82, 2.24) is 5.32 Å². The fourth-order valence-electron chi connectivity index (χ4n) is 1.98. The Morgan fingerprint density at radius 3 is 2.62 bits per heavy atom. The topological polar surface area (TPSA) is 75.3 Å². The third-order valence-corrected chi connectivity index (χ3v) is 4.57. The largest absolute Gasteiger partial charge is 0.341 e. The van der Waals surface area contributed by atoms with E-state index in [1.54, 1.807) is 12.1 Å². The second-order valence-corrected chi connectivity index (χ2v) is 6.63. The molecule has 7 heteroatoms. The van der Waals surface area contributed by atoms with Gasteiger partial charge < -0.3 is 5.32 Å². The summed E-state index contributed by atoms with van der Waals surface area (Å²) >= 11 is 0. The number of hydrogen-bond donors (Lipinski definition) is 2. The molecule has 5 nitrogen and oxygen atoms in total. The summed E-state index contributed by atoms with van der Waals surface area (Å²) in [4.78, 5) is 12.0. The predicted octanol–water partition coefficient (Wildman–Crippen LogP) is 2.30. The van der Waals surface area contributed by atoms with Gasteiger partial charge in [-0.25, -0.2) is 12.8 Å². The molecule has 1 amide bonds. The van der Waals surface area contributed by atoms with Crippen LogP contribution in [0.4, 0.5) is 10.1 Å². The molecule has 2 N–H and O–H groups in total. The molecular weight excluding hydrogens is 331 g/mol. The molecular formula is C17H15FN2O3S. The molecule has 0 saturated carbocycles. The average molecular weight is 346 g/mol. The Kier molecular flexibility index (Phi) is 5.21. The van der Waals surface area contributed by atoms with Gasteiger partial charge in [0.2, 0.25) is 0 Å². The minimum Gasteiger partial charge on any atom is -0.341 e. The maximum atomic E-state index is 13.3. The van der Waals surface area contributed by atoms with E-state index in [-0.39, 0.29) is 28.3 Å². The number of benzene rings is 2. The van der Waals surface area contributed by atoms with Gasteiger partial charge in [-0.2, -0.15) is 0 Å². The standard InChI is InChI=1S/C17H15FN2O3S/c1-3-10-19-17(21)14-6-4-5-7-16(14)20-24(22,23)13-8-9-15(18)12(2)11-13/h1,4-9,11,20H,10H2,2H3,(H,19,21). The van der Waals surface area contributed by atoms with Gasteiger partial charge in [-0.05, 0) is 42.8 Å².